The molecule has 1 saturated heterocycles. The zero-order valence-corrected chi connectivity index (χ0v) is 16.3. The molecule has 2 aliphatic carbocycles. The lowest BCUT2D eigenvalue weighted by Gasteiger charge is -2.39. The molecule has 1 aromatic carbocycles. The van der Waals surface area contributed by atoms with Gasteiger partial charge in [0.25, 0.3) is 5.91 Å². The maximum absolute atomic E-state index is 13.4. The summed E-state index contributed by atoms with van der Waals surface area (Å²) in [5.41, 5.74) is 7.48. The third-order valence-corrected chi connectivity index (χ3v) is 6.89. The molecule has 28 heavy (non-hydrogen) atoms. The van der Waals surface area contributed by atoms with Gasteiger partial charge >= 0.3 is 0 Å². The molecule has 3 atom stereocenters. The second kappa shape index (κ2) is 6.34. The number of hydrogen-bond acceptors (Lipinski definition) is 3. The maximum Gasteiger partial charge on any atom is 0.254 e. The van der Waals surface area contributed by atoms with Crippen molar-refractivity contribution in [3.63, 3.8) is 0 Å². The zero-order chi connectivity index (χ0) is 19.4. The lowest BCUT2D eigenvalue weighted by atomic mass is 9.77. The van der Waals surface area contributed by atoms with Gasteiger partial charge in [-0.1, -0.05) is 12.5 Å². The van der Waals surface area contributed by atoms with Crippen molar-refractivity contribution in [2.24, 2.45) is 11.8 Å². The second-order valence-corrected chi connectivity index (χ2v) is 8.43. The minimum atomic E-state index is 0.112. The van der Waals surface area contributed by atoms with E-state index in [2.05, 4.69) is 34.8 Å². The van der Waals surface area contributed by atoms with Gasteiger partial charge in [0.15, 0.2) is 0 Å². The van der Waals surface area contributed by atoms with E-state index in [1.165, 1.54) is 16.7 Å². The van der Waals surface area contributed by atoms with Crippen LogP contribution in [0.3, 0.4) is 0 Å². The highest BCUT2D eigenvalue weighted by Gasteiger charge is 2.44. The predicted molar refractivity (Wildman–Crippen MR) is 107 cm³/mol. The van der Waals surface area contributed by atoms with Gasteiger partial charge in [0.05, 0.1) is 23.4 Å². The van der Waals surface area contributed by atoms with Gasteiger partial charge in [-0.3, -0.25) is 4.79 Å². The van der Waals surface area contributed by atoms with Gasteiger partial charge in [-0.15, -0.1) is 0 Å². The lowest BCUT2D eigenvalue weighted by molar-refractivity contribution is 0.0563. The number of piperidine rings is 1. The van der Waals surface area contributed by atoms with Gasteiger partial charge in [-0.05, 0) is 67.9 Å². The predicted octanol–water partition coefficient (Wildman–Crippen LogP) is 4.36. The van der Waals surface area contributed by atoms with Crippen molar-refractivity contribution in [1.29, 1.82) is 5.26 Å². The number of fused-ring (bicyclic) bond motifs is 3. The number of allylic oxidation sites excluding steroid dienone is 2. The Morgan fingerprint density at radius 2 is 2.21 bits per heavy atom. The van der Waals surface area contributed by atoms with E-state index in [0.717, 1.165) is 54.4 Å². The number of nitrogens with one attached hydrogen (secondary N) is 1. The molecule has 0 spiro atoms. The van der Waals surface area contributed by atoms with Crippen molar-refractivity contribution in [2.75, 3.05) is 6.54 Å². The minimum Gasteiger partial charge on any atom is -0.345 e. The largest absolute Gasteiger partial charge is 0.345 e. The lowest BCUT2D eigenvalue weighted by Crippen LogP contribution is -2.47. The summed E-state index contributed by atoms with van der Waals surface area (Å²) in [5, 5.41) is 9.60. The van der Waals surface area contributed by atoms with E-state index in [-0.39, 0.29) is 17.9 Å². The van der Waals surface area contributed by atoms with Crippen molar-refractivity contribution < 1.29 is 4.79 Å². The number of amides is 1. The van der Waals surface area contributed by atoms with Crippen LogP contribution < -0.4 is 0 Å². The number of carbonyl (C=O) groups is 1. The molecular weight excluding hydrogens is 348 g/mol. The number of aromatic nitrogens is 2. The summed E-state index contributed by atoms with van der Waals surface area (Å²) in [6.45, 7) is 5.07. The number of imidazole rings is 1. The zero-order valence-electron chi connectivity index (χ0n) is 16.3. The summed E-state index contributed by atoms with van der Waals surface area (Å²) in [7, 11) is 0. The number of likely N-dealkylation sites (tertiary alicyclic amines) is 1. The molecule has 0 radical (unpaired) electrons. The highest BCUT2D eigenvalue weighted by atomic mass is 16.2. The number of H-pyrrole nitrogens is 1. The number of nitriles is 1. The van der Waals surface area contributed by atoms with Crippen molar-refractivity contribution in [2.45, 2.75) is 45.6 Å². The Kier molecular flexibility index (Phi) is 3.90. The SMILES string of the molecule is CC1=C(C#N)C(C)CC2=C1[C@@H]1CCCN(C(=O)c3ccc4nc[nH]c4c3)[C@@H]1C2. The first kappa shape index (κ1) is 17.2. The van der Waals surface area contributed by atoms with E-state index >= 15 is 0 Å². The molecule has 0 bridgehead atoms. The molecule has 1 amide bonds. The molecule has 5 heteroatoms. The molecule has 1 fully saturated rings. The summed E-state index contributed by atoms with van der Waals surface area (Å²) in [6.07, 6.45) is 5.70. The molecule has 2 aromatic rings. The quantitative estimate of drug-likeness (QED) is 0.808. The van der Waals surface area contributed by atoms with Crippen LogP contribution in [0.5, 0.6) is 0 Å². The Hall–Kier alpha value is -2.87. The van der Waals surface area contributed by atoms with Crippen LogP contribution in [0.2, 0.25) is 0 Å². The third-order valence-electron chi connectivity index (χ3n) is 6.89. The molecule has 0 saturated carbocycles. The number of rotatable bonds is 1. The third kappa shape index (κ3) is 2.44. The summed E-state index contributed by atoms with van der Waals surface area (Å²) >= 11 is 0. The van der Waals surface area contributed by atoms with Crippen molar-refractivity contribution in [3.05, 3.63) is 52.4 Å². The molecule has 1 unspecified atom stereocenters. The standard InChI is InChI=1S/C23H24N4O/c1-13-8-16-10-21-17(22(16)14(2)18(13)11-24)4-3-7-27(21)23(28)15-5-6-19-20(9-15)26-12-25-19/h5-6,9,12-13,17,21H,3-4,7-8,10H2,1-2H3,(H,25,26)/t13?,17-,21-/m1/s1. The molecule has 3 aliphatic rings. The number of hydrogen-bond donors (Lipinski definition) is 1. The van der Waals surface area contributed by atoms with Crippen LogP contribution in [0, 0.1) is 23.2 Å². The van der Waals surface area contributed by atoms with Crippen LogP contribution in [0.15, 0.2) is 46.8 Å². The van der Waals surface area contributed by atoms with E-state index < -0.39 is 0 Å². The first-order chi connectivity index (χ1) is 13.6. The number of carbonyl (C=O) groups excluding carboxylic acids is 1. The van der Waals surface area contributed by atoms with Gasteiger partial charge < -0.3 is 9.88 Å². The van der Waals surface area contributed by atoms with Gasteiger partial charge in [0.1, 0.15) is 0 Å². The smallest absolute Gasteiger partial charge is 0.254 e. The molecule has 142 valence electrons. The first-order valence-electron chi connectivity index (χ1n) is 10.2. The van der Waals surface area contributed by atoms with Gasteiger partial charge in [0, 0.05) is 29.6 Å². The summed E-state index contributed by atoms with van der Waals surface area (Å²) in [4.78, 5) is 22.8. The molecular formula is C23H24N4O. The van der Waals surface area contributed by atoms with Gasteiger partial charge in [0.2, 0.25) is 0 Å². The summed E-state index contributed by atoms with van der Waals surface area (Å²) in [6, 6.07) is 8.38. The number of aromatic amines is 1. The fourth-order valence-electron chi connectivity index (χ4n) is 5.67. The number of nitrogens with zero attached hydrogens (tertiary/aromatic N) is 3. The van der Waals surface area contributed by atoms with E-state index in [1.807, 2.05) is 18.2 Å². The Morgan fingerprint density at radius 1 is 1.36 bits per heavy atom. The summed E-state index contributed by atoms with van der Waals surface area (Å²) in [5.74, 6) is 0.775. The van der Waals surface area contributed by atoms with Crippen LogP contribution in [-0.2, 0) is 0 Å². The topological polar surface area (TPSA) is 72.8 Å². The normalized spacial score (nSPS) is 27.0. The highest BCUT2D eigenvalue weighted by molar-refractivity contribution is 5.97. The van der Waals surface area contributed by atoms with Gasteiger partial charge in [-0.2, -0.15) is 5.26 Å². The van der Waals surface area contributed by atoms with E-state index in [4.69, 9.17) is 0 Å². The molecule has 5 nitrogen and oxygen atoms in total. The second-order valence-electron chi connectivity index (χ2n) is 8.43. The average Bonchev–Trinajstić information content (AvgIpc) is 3.30. The van der Waals surface area contributed by atoms with Crippen LogP contribution in [-0.4, -0.2) is 33.4 Å². The van der Waals surface area contributed by atoms with E-state index in [0.29, 0.717) is 5.92 Å². The minimum absolute atomic E-state index is 0.112. The fourth-order valence-corrected chi connectivity index (χ4v) is 5.67. The summed E-state index contributed by atoms with van der Waals surface area (Å²) < 4.78 is 0. The Labute approximate surface area is 164 Å². The Balaban J connectivity index is 1.47. The highest BCUT2D eigenvalue weighted by Crippen LogP contribution is 2.50. The van der Waals surface area contributed by atoms with Crippen molar-refractivity contribution in [1.82, 2.24) is 14.9 Å². The van der Waals surface area contributed by atoms with Crippen LogP contribution in [0.1, 0.15) is 49.9 Å². The van der Waals surface area contributed by atoms with Gasteiger partial charge in [-0.25, -0.2) is 4.98 Å². The molecule has 1 N–H and O–H groups in total. The molecule has 1 aliphatic heterocycles. The van der Waals surface area contributed by atoms with Crippen LogP contribution in [0.4, 0.5) is 0 Å². The van der Waals surface area contributed by atoms with Crippen molar-refractivity contribution in [3.8, 4) is 6.07 Å². The van der Waals surface area contributed by atoms with Crippen LogP contribution in [0.25, 0.3) is 11.0 Å². The monoisotopic (exact) mass is 372 g/mol. The molecule has 2 heterocycles. The van der Waals surface area contributed by atoms with Crippen molar-refractivity contribution >= 4 is 16.9 Å². The Morgan fingerprint density at radius 3 is 3.04 bits per heavy atom. The fraction of sp³-hybridized carbons (Fsp3) is 0.435. The molecule has 1 aromatic heterocycles. The van der Waals surface area contributed by atoms with Crippen LogP contribution >= 0.6 is 0 Å². The number of benzene rings is 1. The molecule has 5 rings (SSSR count). The Bertz CT molecular complexity index is 1080. The van der Waals surface area contributed by atoms with E-state index in [1.54, 1.807) is 6.33 Å². The average molecular weight is 372 g/mol. The van der Waals surface area contributed by atoms with E-state index in [9.17, 15) is 10.1 Å². The maximum atomic E-state index is 13.4. The first-order valence-corrected chi connectivity index (χ1v) is 10.2.